The highest BCUT2D eigenvalue weighted by atomic mass is 32.1. The molecular weight excluding hydrogens is 877 g/mol. The van der Waals surface area contributed by atoms with Gasteiger partial charge in [-0.3, -0.25) is 0 Å². The first kappa shape index (κ1) is 38.3. The number of rotatable bonds is 12. The highest BCUT2D eigenvalue weighted by Gasteiger charge is 2.19. The second kappa shape index (κ2) is 17.0. The molecule has 61 heavy (non-hydrogen) atoms. The molecule has 294 valence electrons. The van der Waals surface area contributed by atoms with E-state index in [2.05, 4.69) is 216 Å². The summed E-state index contributed by atoms with van der Waals surface area (Å²) in [6, 6.07) is 74.4. The van der Waals surface area contributed by atoms with Crippen LogP contribution in [-0.2, 0) is 0 Å². The predicted octanol–water partition coefficient (Wildman–Crippen LogP) is 19.1. The van der Waals surface area contributed by atoms with Gasteiger partial charge in [0.2, 0.25) is 0 Å². The average Bonchev–Trinajstić information content (AvgIpc) is 4.16. The van der Waals surface area contributed by atoms with Crippen LogP contribution >= 0.6 is 79.4 Å². The van der Waals surface area contributed by atoms with Crippen LogP contribution in [0.15, 0.2) is 206 Å². The van der Waals surface area contributed by atoms with Crippen molar-refractivity contribution in [3.05, 3.63) is 206 Å². The molecule has 11 aromatic rings. The molecule has 0 saturated heterocycles. The summed E-state index contributed by atoms with van der Waals surface area (Å²) >= 11 is 13.1. The van der Waals surface area contributed by atoms with Gasteiger partial charge in [-0.15, -0.1) is 79.4 Å². The van der Waals surface area contributed by atoms with Crippen LogP contribution in [0.3, 0.4) is 0 Å². The number of nitrogens with zero attached hydrogens (tertiary/aromatic N) is 2. The number of hydrogen-bond donors (Lipinski definition) is 0. The van der Waals surface area contributed by atoms with Gasteiger partial charge in [0, 0.05) is 81.3 Å². The summed E-state index contributed by atoms with van der Waals surface area (Å²) in [5.74, 6) is 0. The number of benzene rings is 4. The number of anilines is 6. The maximum atomic E-state index is 2.34. The van der Waals surface area contributed by atoms with Crippen molar-refractivity contribution in [2.75, 3.05) is 9.80 Å². The maximum Gasteiger partial charge on any atom is 0.101 e. The lowest BCUT2D eigenvalue weighted by atomic mass is 10.2. The topological polar surface area (TPSA) is 6.48 Å². The molecule has 0 N–H and O–H groups in total. The van der Waals surface area contributed by atoms with Gasteiger partial charge in [-0.25, -0.2) is 0 Å². The lowest BCUT2D eigenvalue weighted by molar-refractivity contribution is 1.32. The fraction of sp³-hybridized carbons (Fsp3) is 0. The Labute approximate surface area is 383 Å². The third-order valence-corrected chi connectivity index (χ3v) is 18.9. The van der Waals surface area contributed by atoms with Crippen molar-refractivity contribution in [3.8, 4) is 58.5 Å². The smallest absolute Gasteiger partial charge is 0.101 e. The summed E-state index contributed by atoms with van der Waals surface area (Å²) in [5, 5.41) is 2.41. The summed E-state index contributed by atoms with van der Waals surface area (Å²) in [4.78, 5) is 20.3. The van der Waals surface area contributed by atoms with Crippen LogP contribution in [-0.4, -0.2) is 0 Å². The second-order valence-electron chi connectivity index (χ2n) is 14.1. The zero-order valence-electron chi connectivity index (χ0n) is 32.4. The molecule has 9 heteroatoms. The fourth-order valence-electron chi connectivity index (χ4n) is 7.29. The Morgan fingerprint density at radius 2 is 0.361 bits per heavy atom. The molecule has 0 bridgehead atoms. The van der Waals surface area contributed by atoms with Gasteiger partial charge >= 0.3 is 0 Å². The first-order chi connectivity index (χ1) is 30.2. The molecule has 0 aliphatic heterocycles. The Kier molecular flexibility index (Phi) is 10.7. The predicted molar refractivity (Wildman–Crippen MR) is 274 cm³/mol. The molecule has 0 radical (unpaired) electrons. The summed E-state index contributed by atoms with van der Waals surface area (Å²) < 4.78 is 0. The maximum absolute atomic E-state index is 2.34. The van der Waals surface area contributed by atoms with Crippen molar-refractivity contribution < 1.29 is 0 Å². The SMILES string of the molecule is c1ccc(N(c2ccccc2)c2ccc(-c3ccc(-c4ccc(-c5ccc(-c6ccc(-c7ccc(-c8ccc(N(c9ccccc9)c9ccccc9)s8)s7)s6)s5)s4)s3)s2)cc1. The van der Waals surface area contributed by atoms with Crippen molar-refractivity contribution >= 4 is 112 Å². The Morgan fingerprint density at radius 3 is 0.574 bits per heavy atom. The van der Waals surface area contributed by atoms with Gasteiger partial charge in [0.1, 0.15) is 10.0 Å². The standard InChI is InChI=1S/C52H34N2S7/c1-5-13-35(14-6-1)53(36-15-7-2-8-16-36)51-33-31-49(60-51)47-29-27-45(58-47)43-25-23-41(56-43)39-21-22-40(55-39)42-24-26-44(57-42)46-28-30-48(59-46)50-32-34-52(61-50)54(37-17-9-3-10-18-37)38-19-11-4-12-20-38/h1-34H. The molecule has 0 atom stereocenters. The van der Waals surface area contributed by atoms with Gasteiger partial charge in [0.25, 0.3) is 0 Å². The molecule has 0 unspecified atom stereocenters. The number of para-hydroxylation sites is 4. The van der Waals surface area contributed by atoms with Crippen molar-refractivity contribution in [1.82, 2.24) is 0 Å². The molecule has 2 nitrogen and oxygen atoms in total. The molecule has 0 aliphatic rings. The molecule has 7 heterocycles. The Hall–Kier alpha value is -5.62. The number of hydrogen-bond acceptors (Lipinski definition) is 9. The highest BCUT2D eigenvalue weighted by Crippen LogP contribution is 2.49. The van der Waals surface area contributed by atoms with Gasteiger partial charge in [-0.2, -0.15) is 0 Å². The molecular formula is C52H34N2S7. The van der Waals surface area contributed by atoms with Gasteiger partial charge in [0.15, 0.2) is 0 Å². The zero-order valence-corrected chi connectivity index (χ0v) is 38.1. The van der Waals surface area contributed by atoms with E-state index < -0.39 is 0 Å². The van der Waals surface area contributed by atoms with Crippen LogP contribution in [0.25, 0.3) is 58.5 Å². The van der Waals surface area contributed by atoms with E-state index >= 15 is 0 Å². The molecule has 0 saturated carbocycles. The van der Waals surface area contributed by atoms with E-state index in [0.717, 1.165) is 22.7 Å². The monoisotopic (exact) mass is 910 g/mol. The van der Waals surface area contributed by atoms with Crippen LogP contribution in [0.5, 0.6) is 0 Å². The summed E-state index contributed by atoms with van der Waals surface area (Å²) in [6.07, 6.45) is 0. The summed E-state index contributed by atoms with van der Waals surface area (Å²) in [5.41, 5.74) is 4.64. The van der Waals surface area contributed by atoms with E-state index in [1.54, 1.807) is 0 Å². The van der Waals surface area contributed by atoms with E-state index in [1.807, 2.05) is 79.4 Å². The van der Waals surface area contributed by atoms with Crippen LogP contribution < -0.4 is 9.80 Å². The summed E-state index contributed by atoms with van der Waals surface area (Å²) in [6.45, 7) is 0. The van der Waals surface area contributed by atoms with Gasteiger partial charge in [-0.05, 0) is 133 Å². The lowest BCUT2D eigenvalue weighted by Gasteiger charge is -2.23. The Morgan fingerprint density at radius 1 is 0.180 bits per heavy atom. The first-order valence-corrected chi connectivity index (χ1v) is 25.4. The minimum Gasteiger partial charge on any atom is -0.302 e. The van der Waals surface area contributed by atoms with Crippen molar-refractivity contribution in [2.45, 2.75) is 0 Å². The van der Waals surface area contributed by atoms with E-state index in [-0.39, 0.29) is 0 Å². The zero-order chi connectivity index (χ0) is 40.5. The van der Waals surface area contributed by atoms with Crippen LogP contribution in [0.1, 0.15) is 0 Å². The van der Waals surface area contributed by atoms with Crippen molar-refractivity contribution in [3.63, 3.8) is 0 Å². The lowest BCUT2D eigenvalue weighted by Crippen LogP contribution is -2.07. The molecule has 7 aromatic heterocycles. The van der Waals surface area contributed by atoms with E-state index in [1.165, 1.54) is 68.5 Å². The van der Waals surface area contributed by atoms with Crippen molar-refractivity contribution in [2.24, 2.45) is 0 Å². The Balaban J connectivity index is 0.785. The first-order valence-electron chi connectivity index (χ1n) is 19.7. The molecule has 4 aromatic carbocycles. The number of thiophene rings is 7. The molecule has 0 fully saturated rings. The third kappa shape index (κ3) is 7.91. The average molecular weight is 911 g/mol. The normalized spacial score (nSPS) is 11.3. The molecule has 0 spiro atoms. The van der Waals surface area contributed by atoms with Gasteiger partial charge in [-0.1, -0.05) is 72.8 Å². The third-order valence-electron chi connectivity index (χ3n) is 10.2. The van der Waals surface area contributed by atoms with Gasteiger partial charge < -0.3 is 9.80 Å². The minimum absolute atomic E-state index is 1.16. The fourth-order valence-corrected chi connectivity index (χ4v) is 15.0. The minimum atomic E-state index is 1.16. The van der Waals surface area contributed by atoms with Crippen molar-refractivity contribution in [1.29, 1.82) is 0 Å². The second-order valence-corrected chi connectivity index (χ2v) is 21.7. The van der Waals surface area contributed by atoms with E-state index in [9.17, 15) is 0 Å². The summed E-state index contributed by atoms with van der Waals surface area (Å²) in [7, 11) is 0. The van der Waals surface area contributed by atoms with E-state index in [4.69, 9.17) is 0 Å². The van der Waals surface area contributed by atoms with Crippen LogP contribution in [0.4, 0.5) is 32.8 Å². The van der Waals surface area contributed by atoms with Crippen LogP contribution in [0.2, 0.25) is 0 Å². The Bertz CT molecular complexity index is 2870. The quantitative estimate of drug-likeness (QED) is 0.120. The molecule has 11 rings (SSSR count). The molecule has 0 amide bonds. The van der Waals surface area contributed by atoms with E-state index in [0.29, 0.717) is 0 Å². The highest BCUT2D eigenvalue weighted by molar-refractivity contribution is 7.31. The molecule has 0 aliphatic carbocycles. The van der Waals surface area contributed by atoms with Gasteiger partial charge in [0.05, 0.1) is 0 Å². The van der Waals surface area contributed by atoms with Crippen LogP contribution in [0, 0.1) is 0 Å². The largest absolute Gasteiger partial charge is 0.302 e.